The van der Waals surface area contributed by atoms with E-state index in [1.165, 1.54) is 5.56 Å². The number of halogens is 1. The van der Waals surface area contributed by atoms with Gasteiger partial charge in [0.05, 0.1) is 24.9 Å². The van der Waals surface area contributed by atoms with E-state index in [4.69, 9.17) is 26.2 Å². The fourth-order valence-corrected chi connectivity index (χ4v) is 4.36. The van der Waals surface area contributed by atoms with Crippen molar-refractivity contribution in [3.05, 3.63) is 18.0 Å². The van der Waals surface area contributed by atoms with Gasteiger partial charge >= 0.3 is 0 Å². The molecule has 0 bridgehead atoms. The molecule has 29 heavy (non-hydrogen) atoms. The van der Waals surface area contributed by atoms with Crippen LogP contribution in [0.2, 0.25) is 0 Å². The van der Waals surface area contributed by atoms with Gasteiger partial charge in [-0.2, -0.15) is 4.98 Å². The van der Waals surface area contributed by atoms with Gasteiger partial charge < -0.3 is 26.0 Å². The molecular weight excluding hydrogens is 392 g/mol. The van der Waals surface area contributed by atoms with E-state index < -0.39 is 0 Å². The summed E-state index contributed by atoms with van der Waals surface area (Å²) in [5.74, 6) is 2.05. The molecule has 9 nitrogen and oxygen atoms in total. The van der Waals surface area contributed by atoms with E-state index in [0.29, 0.717) is 25.3 Å². The van der Waals surface area contributed by atoms with Crippen LogP contribution in [0, 0.1) is 0 Å². The van der Waals surface area contributed by atoms with Gasteiger partial charge in [0, 0.05) is 48.7 Å². The Hall–Kier alpha value is -2.23. The van der Waals surface area contributed by atoms with E-state index in [-0.39, 0.29) is 24.4 Å². The third-order valence-corrected chi connectivity index (χ3v) is 6.01. The molecule has 1 aliphatic carbocycles. The Labute approximate surface area is 176 Å². The largest absolute Gasteiger partial charge is 0.377 e. The second kappa shape index (κ2) is 7.89. The molecule has 2 aromatic heterocycles. The molecule has 1 atom stereocenters. The smallest absolute Gasteiger partial charge is 0.228 e. The summed E-state index contributed by atoms with van der Waals surface area (Å²) in [6, 6.07) is 1.01. The van der Waals surface area contributed by atoms with Crippen LogP contribution in [0.5, 0.6) is 0 Å². The quantitative estimate of drug-likeness (QED) is 0.752. The van der Waals surface area contributed by atoms with Crippen LogP contribution in [-0.4, -0.2) is 64.4 Å². The molecule has 0 radical (unpaired) electrons. The lowest BCUT2D eigenvalue weighted by Gasteiger charge is -2.40. The van der Waals surface area contributed by atoms with Crippen LogP contribution in [0.3, 0.4) is 0 Å². The lowest BCUT2D eigenvalue weighted by Crippen LogP contribution is -2.50. The highest BCUT2D eigenvalue weighted by atomic mass is 35.5. The summed E-state index contributed by atoms with van der Waals surface area (Å²) >= 11 is 0. The zero-order valence-electron chi connectivity index (χ0n) is 16.5. The fraction of sp³-hybridized carbons (Fsp3) is 0.579. The van der Waals surface area contributed by atoms with Gasteiger partial charge in [0.15, 0.2) is 0 Å². The third kappa shape index (κ3) is 3.58. The second-order valence-electron chi connectivity index (χ2n) is 7.95. The number of ether oxygens (including phenoxy) is 1. The molecule has 1 saturated carbocycles. The molecule has 0 unspecified atom stereocenters. The Morgan fingerprint density at radius 3 is 2.55 bits per heavy atom. The summed E-state index contributed by atoms with van der Waals surface area (Å²) in [6.07, 6.45) is 6.46. The maximum atomic E-state index is 6.05. The molecule has 3 aliphatic rings. The SMILES string of the molecule is C[C@H]1COCCN1c1nc(-c2cnc(N)nc2)c2c(n1)N(C1CC(N)C1)CC2.Cl. The van der Waals surface area contributed by atoms with Crippen molar-refractivity contribution >= 4 is 30.1 Å². The molecule has 0 amide bonds. The number of aromatic nitrogens is 4. The molecule has 0 aromatic carbocycles. The number of nitrogens with two attached hydrogens (primary N) is 2. The number of rotatable bonds is 3. The Morgan fingerprint density at radius 1 is 1.10 bits per heavy atom. The van der Waals surface area contributed by atoms with Crippen molar-refractivity contribution in [1.29, 1.82) is 0 Å². The Bertz CT molecular complexity index is 873. The molecule has 10 heteroatoms. The predicted molar refractivity (Wildman–Crippen MR) is 114 cm³/mol. The normalized spacial score (nSPS) is 25.9. The molecule has 2 aromatic rings. The molecule has 4 heterocycles. The minimum Gasteiger partial charge on any atom is -0.377 e. The van der Waals surface area contributed by atoms with Crippen LogP contribution in [0.4, 0.5) is 17.7 Å². The van der Waals surface area contributed by atoms with Gasteiger partial charge in [0.2, 0.25) is 11.9 Å². The van der Waals surface area contributed by atoms with E-state index in [1.807, 2.05) is 0 Å². The molecule has 4 N–H and O–H groups in total. The van der Waals surface area contributed by atoms with Gasteiger partial charge in [-0.25, -0.2) is 15.0 Å². The average Bonchev–Trinajstić information content (AvgIpc) is 3.09. The van der Waals surface area contributed by atoms with Gasteiger partial charge in [-0.05, 0) is 26.2 Å². The number of hydrogen-bond donors (Lipinski definition) is 2. The fourth-order valence-electron chi connectivity index (χ4n) is 4.36. The molecule has 5 rings (SSSR count). The first-order chi connectivity index (χ1) is 13.6. The van der Waals surface area contributed by atoms with E-state index in [0.717, 1.165) is 55.4 Å². The van der Waals surface area contributed by atoms with Crippen molar-refractivity contribution in [3.8, 4) is 11.3 Å². The molecule has 2 aliphatic heterocycles. The zero-order chi connectivity index (χ0) is 19.3. The highest BCUT2D eigenvalue weighted by molar-refractivity contribution is 5.85. The van der Waals surface area contributed by atoms with Crippen molar-refractivity contribution in [2.24, 2.45) is 5.73 Å². The second-order valence-corrected chi connectivity index (χ2v) is 7.95. The number of morpholine rings is 1. The summed E-state index contributed by atoms with van der Waals surface area (Å²) in [7, 11) is 0. The summed E-state index contributed by atoms with van der Waals surface area (Å²) in [5, 5.41) is 0. The number of nitrogens with zero attached hydrogens (tertiary/aromatic N) is 6. The Kier molecular flexibility index (Phi) is 5.46. The van der Waals surface area contributed by atoms with E-state index in [9.17, 15) is 0 Å². The number of fused-ring (bicyclic) bond motifs is 1. The van der Waals surface area contributed by atoms with Crippen molar-refractivity contribution in [1.82, 2.24) is 19.9 Å². The first-order valence-electron chi connectivity index (χ1n) is 9.95. The highest BCUT2D eigenvalue weighted by Gasteiger charge is 2.38. The minimum atomic E-state index is 0. The van der Waals surface area contributed by atoms with Crippen LogP contribution < -0.4 is 21.3 Å². The van der Waals surface area contributed by atoms with E-state index >= 15 is 0 Å². The summed E-state index contributed by atoms with van der Waals surface area (Å²) in [4.78, 5) is 23.0. The lowest BCUT2D eigenvalue weighted by atomic mass is 9.86. The maximum absolute atomic E-state index is 6.05. The van der Waals surface area contributed by atoms with E-state index in [1.54, 1.807) is 12.4 Å². The van der Waals surface area contributed by atoms with Crippen molar-refractivity contribution in [3.63, 3.8) is 0 Å². The third-order valence-electron chi connectivity index (χ3n) is 6.01. The lowest BCUT2D eigenvalue weighted by molar-refractivity contribution is 0.0981. The van der Waals surface area contributed by atoms with Crippen molar-refractivity contribution in [2.75, 3.05) is 41.8 Å². The Balaban J connectivity index is 0.00000205. The van der Waals surface area contributed by atoms with Crippen molar-refractivity contribution < 1.29 is 4.74 Å². The molecule has 0 spiro atoms. The summed E-state index contributed by atoms with van der Waals surface area (Å²) < 4.78 is 5.60. The van der Waals surface area contributed by atoms with Gasteiger partial charge in [-0.15, -0.1) is 12.4 Å². The highest BCUT2D eigenvalue weighted by Crippen LogP contribution is 2.39. The first kappa shape index (κ1) is 20.1. The first-order valence-corrected chi connectivity index (χ1v) is 9.95. The van der Waals surface area contributed by atoms with Crippen LogP contribution in [0.25, 0.3) is 11.3 Å². The molecular formula is C19H27ClN8O. The minimum absolute atomic E-state index is 0. The van der Waals surface area contributed by atoms with Gasteiger partial charge in [0.1, 0.15) is 5.82 Å². The van der Waals surface area contributed by atoms with Crippen LogP contribution in [0.1, 0.15) is 25.3 Å². The van der Waals surface area contributed by atoms with Crippen molar-refractivity contribution in [2.45, 2.75) is 44.3 Å². The predicted octanol–water partition coefficient (Wildman–Crippen LogP) is 1.01. The summed E-state index contributed by atoms with van der Waals surface area (Å²) in [5.41, 5.74) is 14.7. The number of nitrogen functional groups attached to an aromatic ring is 1. The topological polar surface area (TPSA) is 119 Å². The van der Waals surface area contributed by atoms with Gasteiger partial charge in [0.25, 0.3) is 0 Å². The molecule has 2 fully saturated rings. The Morgan fingerprint density at radius 2 is 1.86 bits per heavy atom. The summed E-state index contributed by atoms with van der Waals surface area (Å²) in [6.45, 7) is 5.25. The number of hydrogen-bond acceptors (Lipinski definition) is 9. The van der Waals surface area contributed by atoms with Crippen LogP contribution in [-0.2, 0) is 11.2 Å². The average molecular weight is 419 g/mol. The molecule has 1 saturated heterocycles. The van der Waals surface area contributed by atoms with Gasteiger partial charge in [-0.3, -0.25) is 0 Å². The number of anilines is 3. The monoisotopic (exact) mass is 418 g/mol. The standard InChI is InChI=1S/C19H26N8O.ClH/c1-11-10-28-5-4-26(11)19-24-16(12-8-22-18(21)23-9-12)15-2-3-27(17(15)25-19)14-6-13(20)7-14;/h8-9,11,13-14H,2-7,10,20H2,1H3,(H2,21,22,23);1H/t11-,13?,14?;/m0./s1. The van der Waals surface area contributed by atoms with E-state index in [2.05, 4.69) is 26.7 Å². The van der Waals surface area contributed by atoms with Gasteiger partial charge in [-0.1, -0.05) is 0 Å². The van der Waals surface area contributed by atoms with Crippen LogP contribution >= 0.6 is 12.4 Å². The maximum Gasteiger partial charge on any atom is 0.228 e. The molecule has 156 valence electrons. The zero-order valence-corrected chi connectivity index (χ0v) is 17.3. The van der Waals surface area contributed by atoms with Crippen LogP contribution in [0.15, 0.2) is 12.4 Å².